The van der Waals surface area contributed by atoms with Crippen molar-refractivity contribution >= 4 is 34.8 Å². The monoisotopic (exact) mass is 356 g/mol. The van der Waals surface area contributed by atoms with Gasteiger partial charge in [-0.05, 0) is 54.7 Å². The SMILES string of the molecule is CC(C)c1ccc(NC(=O)C2(C(=O)Nc3cccc(Cl)c3)CC2)cc1. The van der Waals surface area contributed by atoms with E-state index in [2.05, 4.69) is 24.5 Å². The summed E-state index contributed by atoms with van der Waals surface area (Å²) >= 11 is 5.93. The highest BCUT2D eigenvalue weighted by molar-refractivity contribution is 6.31. The average molecular weight is 357 g/mol. The molecule has 25 heavy (non-hydrogen) atoms. The van der Waals surface area contributed by atoms with Crippen molar-refractivity contribution in [1.29, 1.82) is 0 Å². The quantitative estimate of drug-likeness (QED) is 0.754. The average Bonchev–Trinajstić information content (AvgIpc) is 3.37. The fourth-order valence-electron chi connectivity index (χ4n) is 2.70. The number of carbonyl (C=O) groups is 2. The van der Waals surface area contributed by atoms with Crippen LogP contribution in [0.5, 0.6) is 0 Å². The summed E-state index contributed by atoms with van der Waals surface area (Å²) in [5, 5.41) is 6.19. The lowest BCUT2D eigenvalue weighted by Crippen LogP contribution is -2.35. The van der Waals surface area contributed by atoms with E-state index in [4.69, 9.17) is 11.6 Å². The summed E-state index contributed by atoms with van der Waals surface area (Å²) in [5.74, 6) is -0.113. The van der Waals surface area contributed by atoms with Crippen molar-refractivity contribution in [2.75, 3.05) is 10.6 Å². The van der Waals surface area contributed by atoms with E-state index in [-0.39, 0.29) is 11.8 Å². The Hall–Kier alpha value is -2.33. The summed E-state index contributed by atoms with van der Waals surface area (Å²) in [7, 11) is 0. The molecule has 4 nitrogen and oxygen atoms in total. The Morgan fingerprint density at radius 1 is 0.960 bits per heavy atom. The zero-order valence-corrected chi connectivity index (χ0v) is 15.1. The number of carbonyl (C=O) groups excluding carboxylic acids is 2. The number of hydrogen-bond acceptors (Lipinski definition) is 2. The van der Waals surface area contributed by atoms with Crippen LogP contribution in [0, 0.1) is 5.41 Å². The van der Waals surface area contributed by atoms with Gasteiger partial charge in [-0.15, -0.1) is 0 Å². The van der Waals surface area contributed by atoms with Crippen LogP contribution in [0.2, 0.25) is 5.02 Å². The Morgan fingerprint density at radius 3 is 2.08 bits per heavy atom. The molecular weight excluding hydrogens is 336 g/mol. The maximum atomic E-state index is 12.6. The molecule has 2 aromatic carbocycles. The molecule has 1 fully saturated rings. The molecule has 1 aliphatic rings. The molecule has 0 aliphatic heterocycles. The second-order valence-electron chi connectivity index (χ2n) is 6.78. The van der Waals surface area contributed by atoms with Gasteiger partial charge in [-0.1, -0.05) is 43.6 Å². The molecule has 1 saturated carbocycles. The summed E-state index contributed by atoms with van der Waals surface area (Å²) in [4.78, 5) is 25.2. The van der Waals surface area contributed by atoms with E-state index < -0.39 is 5.41 Å². The van der Waals surface area contributed by atoms with Crippen molar-refractivity contribution in [3.63, 3.8) is 0 Å². The van der Waals surface area contributed by atoms with Crippen LogP contribution in [0.15, 0.2) is 48.5 Å². The number of amides is 2. The minimum absolute atomic E-state index is 0.260. The normalized spacial score (nSPS) is 14.9. The first-order valence-corrected chi connectivity index (χ1v) is 8.77. The van der Waals surface area contributed by atoms with Gasteiger partial charge in [0.1, 0.15) is 5.41 Å². The number of nitrogens with one attached hydrogen (secondary N) is 2. The molecule has 0 aromatic heterocycles. The first-order chi connectivity index (χ1) is 11.9. The van der Waals surface area contributed by atoms with Gasteiger partial charge in [-0.2, -0.15) is 0 Å². The molecule has 3 rings (SSSR count). The molecule has 0 heterocycles. The van der Waals surface area contributed by atoms with Crippen molar-refractivity contribution in [2.45, 2.75) is 32.6 Å². The van der Waals surface area contributed by atoms with Crippen LogP contribution in [0.25, 0.3) is 0 Å². The molecule has 0 bridgehead atoms. The van der Waals surface area contributed by atoms with Gasteiger partial charge in [-0.25, -0.2) is 0 Å². The van der Waals surface area contributed by atoms with E-state index in [0.29, 0.717) is 35.2 Å². The van der Waals surface area contributed by atoms with Crippen molar-refractivity contribution in [2.24, 2.45) is 5.41 Å². The first kappa shape index (κ1) is 17.5. The van der Waals surface area contributed by atoms with Gasteiger partial charge in [0.2, 0.25) is 11.8 Å². The number of halogens is 1. The maximum Gasteiger partial charge on any atom is 0.240 e. The van der Waals surface area contributed by atoms with Crippen molar-refractivity contribution in [1.82, 2.24) is 0 Å². The summed E-state index contributed by atoms with van der Waals surface area (Å²) in [5.41, 5.74) is 1.52. The van der Waals surface area contributed by atoms with Crippen LogP contribution >= 0.6 is 11.6 Å². The van der Waals surface area contributed by atoms with E-state index in [0.717, 1.165) is 0 Å². The zero-order chi connectivity index (χ0) is 18.0. The van der Waals surface area contributed by atoms with Crippen LogP contribution in [-0.2, 0) is 9.59 Å². The Balaban J connectivity index is 1.67. The number of anilines is 2. The van der Waals surface area contributed by atoms with Gasteiger partial charge < -0.3 is 10.6 Å². The lowest BCUT2D eigenvalue weighted by Gasteiger charge is -2.16. The molecule has 2 amide bonds. The van der Waals surface area contributed by atoms with Crippen molar-refractivity contribution < 1.29 is 9.59 Å². The largest absolute Gasteiger partial charge is 0.325 e. The van der Waals surface area contributed by atoms with Gasteiger partial charge in [0.25, 0.3) is 0 Å². The Labute approximate surface area is 152 Å². The summed E-state index contributed by atoms with van der Waals surface area (Å²) in [6, 6.07) is 14.6. The third kappa shape index (κ3) is 3.85. The lowest BCUT2D eigenvalue weighted by atomic mass is 10.0. The van der Waals surface area contributed by atoms with Crippen LogP contribution in [0.3, 0.4) is 0 Å². The molecule has 130 valence electrons. The molecule has 0 radical (unpaired) electrons. The standard InChI is InChI=1S/C20H21ClN2O2/c1-13(2)14-6-8-16(9-7-14)22-18(24)20(10-11-20)19(25)23-17-5-3-4-15(21)12-17/h3-9,12-13H,10-11H2,1-2H3,(H,22,24)(H,23,25). The van der Waals surface area contributed by atoms with E-state index >= 15 is 0 Å². The first-order valence-electron chi connectivity index (χ1n) is 8.39. The fourth-order valence-corrected chi connectivity index (χ4v) is 2.89. The molecule has 2 N–H and O–H groups in total. The fraction of sp³-hybridized carbons (Fsp3) is 0.300. The predicted octanol–water partition coefficient (Wildman–Crippen LogP) is 4.82. The highest BCUT2D eigenvalue weighted by Gasteiger charge is 2.56. The molecule has 0 spiro atoms. The summed E-state index contributed by atoms with van der Waals surface area (Å²) in [6.07, 6.45) is 1.10. The Bertz CT molecular complexity index is 796. The summed E-state index contributed by atoms with van der Waals surface area (Å²) < 4.78 is 0. The maximum absolute atomic E-state index is 12.6. The van der Waals surface area contributed by atoms with Crippen LogP contribution in [0.4, 0.5) is 11.4 Å². The molecule has 0 atom stereocenters. The minimum atomic E-state index is -0.987. The molecule has 2 aromatic rings. The van der Waals surface area contributed by atoms with E-state index in [1.54, 1.807) is 24.3 Å². The van der Waals surface area contributed by atoms with Gasteiger partial charge in [0.15, 0.2) is 0 Å². The molecule has 1 aliphatic carbocycles. The third-order valence-corrected chi connectivity index (χ3v) is 4.77. The van der Waals surface area contributed by atoms with Crippen molar-refractivity contribution in [3.05, 3.63) is 59.1 Å². The van der Waals surface area contributed by atoms with E-state index in [1.165, 1.54) is 5.56 Å². The van der Waals surface area contributed by atoms with Gasteiger partial charge >= 0.3 is 0 Å². The number of benzene rings is 2. The van der Waals surface area contributed by atoms with Gasteiger partial charge in [0.05, 0.1) is 0 Å². The second kappa shape index (κ2) is 6.89. The van der Waals surface area contributed by atoms with Crippen LogP contribution in [0.1, 0.15) is 38.2 Å². The van der Waals surface area contributed by atoms with Crippen LogP contribution in [-0.4, -0.2) is 11.8 Å². The molecule has 0 saturated heterocycles. The lowest BCUT2D eigenvalue weighted by molar-refractivity contribution is -0.131. The zero-order valence-electron chi connectivity index (χ0n) is 14.3. The Morgan fingerprint density at radius 2 is 1.56 bits per heavy atom. The minimum Gasteiger partial charge on any atom is -0.325 e. The second-order valence-corrected chi connectivity index (χ2v) is 7.21. The van der Waals surface area contributed by atoms with Crippen LogP contribution < -0.4 is 10.6 Å². The predicted molar refractivity (Wildman–Crippen MR) is 101 cm³/mol. The van der Waals surface area contributed by atoms with E-state index in [9.17, 15) is 9.59 Å². The smallest absolute Gasteiger partial charge is 0.240 e. The van der Waals surface area contributed by atoms with Gasteiger partial charge in [-0.3, -0.25) is 9.59 Å². The molecular formula is C20H21ClN2O2. The third-order valence-electron chi connectivity index (χ3n) is 4.54. The highest BCUT2D eigenvalue weighted by atomic mass is 35.5. The molecule has 0 unspecified atom stereocenters. The number of hydrogen-bond donors (Lipinski definition) is 2. The highest BCUT2D eigenvalue weighted by Crippen LogP contribution is 2.47. The number of rotatable bonds is 5. The topological polar surface area (TPSA) is 58.2 Å². The Kier molecular flexibility index (Phi) is 4.82. The van der Waals surface area contributed by atoms with Gasteiger partial charge in [0, 0.05) is 16.4 Å². The summed E-state index contributed by atoms with van der Waals surface area (Å²) in [6.45, 7) is 4.24. The molecule has 5 heteroatoms. The van der Waals surface area contributed by atoms with E-state index in [1.807, 2.05) is 24.3 Å². The van der Waals surface area contributed by atoms with Crippen molar-refractivity contribution in [3.8, 4) is 0 Å².